The van der Waals surface area contributed by atoms with E-state index in [4.69, 9.17) is 19.9 Å². The normalized spacial score (nSPS) is 13.9. The largest absolute Gasteiger partial charge is 0.251 e. The second-order valence-electron chi connectivity index (χ2n) is 7.76. The van der Waals surface area contributed by atoms with Crippen molar-refractivity contribution >= 4 is 0 Å². The maximum atomic E-state index is 4.87. The lowest BCUT2D eigenvalue weighted by Crippen LogP contribution is -2.01. The molecule has 0 fully saturated rings. The molecule has 1 aliphatic heterocycles. The molecule has 0 amide bonds. The van der Waals surface area contributed by atoms with Gasteiger partial charge in [0.15, 0.2) is 0 Å². The molecule has 8 bridgehead atoms. The van der Waals surface area contributed by atoms with Gasteiger partial charge in [-0.25, -0.2) is 0 Å². The second kappa shape index (κ2) is 8.54. The quantitative estimate of drug-likeness (QED) is 0.409. The first-order valence-electron chi connectivity index (χ1n) is 10.7. The predicted molar refractivity (Wildman–Crippen MR) is 119 cm³/mol. The van der Waals surface area contributed by atoms with Crippen molar-refractivity contribution in [3.63, 3.8) is 0 Å². The van der Waals surface area contributed by atoms with Crippen molar-refractivity contribution in [3.8, 4) is 22.8 Å². The van der Waals surface area contributed by atoms with E-state index in [9.17, 15) is 0 Å². The van der Waals surface area contributed by atoms with Gasteiger partial charge in [-0.05, 0) is 87.1 Å². The zero-order valence-corrected chi connectivity index (χ0v) is 17.0. The number of aryl methyl sites for hydroxylation is 4. The highest BCUT2D eigenvalue weighted by Crippen LogP contribution is 2.20. The highest BCUT2D eigenvalue weighted by Gasteiger charge is 2.08. The van der Waals surface area contributed by atoms with Crippen molar-refractivity contribution in [3.05, 3.63) is 95.6 Å². The van der Waals surface area contributed by atoms with Crippen LogP contribution in [0.15, 0.2) is 72.8 Å². The van der Waals surface area contributed by atoms with Crippen LogP contribution in [0.5, 0.6) is 0 Å². The molecule has 4 nitrogen and oxygen atoms in total. The van der Waals surface area contributed by atoms with Crippen molar-refractivity contribution in [1.82, 2.24) is 19.9 Å². The van der Waals surface area contributed by atoms with E-state index in [1.54, 1.807) is 0 Å². The summed E-state index contributed by atoms with van der Waals surface area (Å²) < 4.78 is 0. The Balaban J connectivity index is 1.50. The number of hydrogen-bond acceptors (Lipinski definition) is 4. The molecule has 0 unspecified atom stereocenters. The Morgan fingerprint density at radius 3 is 0.900 bits per heavy atom. The highest BCUT2D eigenvalue weighted by molar-refractivity contribution is 5.55. The lowest BCUT2D eigenvalue weighted by molar-refractivity contribution is 0.775. The molecule has 0 aliphatic carbocycles. The summed E-state index contributed by atoms with van der Waals surface area (Å²) >= 11 is 0. The van der Waals surface area contributed by atoms with Gasteiger partial charge in [-0.2, -0.15) is 0 Å². The Kier molecular flexibility index (Phi) is 5.30. The van der Waals surface area contributed by atoms with E-state index in [2.05, 4.69) is 48.5 Å². The topological polar surface area (TPSA) is 51.6 Å². The van der Waals surface area contributed by atoms with Crippen LogP contribution < -0.4 is 0 Å². The van der Waals surface area contributed by atoms with Crippen molar-refractivity contribution in [2.75, 3.05) is 0 Å². The maximum Gasteiger partial charge on any atom is 0.0889 e. The molecule has 0 N–H and O–H groups in total. The van der Waals surface area contributed by atoms with E-state index >= 15 is 0 Å². The summed E-state index contributed by atoms with van der Waals surface area (Å²) in [5.41, 5.74) is 8.21. The summed E-state index contributed by atoms with van der Waals surface area (Å²) in [5.74, 6) is 0. The summed E-state index contributed by atoms with van der Waals surface area (Å²) in [6.07, 6.45) is 5.71. The van der Waals surface area contributed by atoms with Crippen molar-refractivity contribution in [2.24, 2.45) is 0 Å². The van der Waals surface area contributed by atoms with E-state index in [-0.39, 0.29) is 0 Å². The van der Waals surface area contributed by atoms with Gasteiger partial charge in [0.25, 0.3) is 0 Å². The number of pyridine rings is 4. The number of nitrogens with zero attached hydrogens (tertiary/aromatic N) is 4. The van der Waals surface area contributed by atoms with Crippen LogP contribution in [-0.2, 0) is 25.7 Å². The van der Waals surface area contributed by atoms with E-state index < -0.39 is 0 Å². The van der Waals surface area contributed by atoms with E-state index in [1.807, 2.05) is 24.3 Å². The first-order valence-corrected chi connectivity index (χ1v) is 10.7. The third kappa shape index (κ3) is 4.28. The van der Waals surface area contributed by atoms with Crippen LogP contribution in [0.3, 0.4) is 0 Å². The minimum Gasteiger partial charge on any atom is -0.251 e. The standard InChI is InChI=1S/C26H24N4/c1-7-19-11-3-15-23(27-19)25-17-5-13-21(29-25)9-2-10-22-14-6-18-26(30-22)24-16-4-12-20(8-1)28-24/h3-6,11-18H,1-2,7-10H2. The van der Waals surface area contributed by atoms with Gasteiger partial charge in [-0.1, -0.05) is 24.3 Å². The zero-order chi connectivity index (χ0) is 20.2. The third-order valence-corrected chi connectivity index (χ3v) is 5.48. The Hall–Kier alpha value is -3.40. The molecule has 4 aromatic heterocycles. The summed E-state index contributed by atoms with van der Waals surface area (Å²) in [7, 11) is 0. The van der Waals surface area contributed by atoms with Crippen molar-refractivity contribution < 1.29 is 0 Å². The van der Waals surface area contributed by atoms with Gasteiger partial charge in [-0.3, -0.25) is 19.9 Å². The first kappa shape index (κ1) is 18.6. The average molecular weight is 393 g/mol. The molecule has 0 radical (unpaired) electrons. The molecular weight excluding hydrogens is 368 g/mol. The molecule has 0 saturated heterocycles. The Morgan fingerprint density at radius 1 is 0.367 bits per heavy atom. The van der Waals surface area contributed by atoms with Gasteiger partial charge in [0.2, 0.25) is 0 Å². The van der Waals surface area contributed by atoms with E-state index in [1.165, 1.54) is 0 Å². The van der Waals surface area contributed by atoms with Crippen LogP contribution in [0.4, 0.5) is 0 Å². The second-order valence-corrected chi connectivity index (χ2v) is 7.76. The van der Waals surface area contributed by atoms with Gasteiger partial charge in [-0.15, -0.1) is 0 Å². The molecular formula is C26H24N4. The summed E-state index contributed by atoms with van der Waals surface area (Å²) in [5, 5.41) is 0. The fourth-order valence-corrected chi connectivity index (χ4v) is 3.95. The number of fused-ring (bicyclic) bond motifs is 10. The van der Waals surface area contributed by atoms with Gasteiger partial charge in [0, 0.05) is 22.8 Å². The van der Waals surface area contributed by atoms with Crippen LogP contribution in [0.2, 0.25) is 0 Å². The van der Waals surface area contributed by atoms with Gasteiger partial charge >= 0.3 is 0 Å². The molecule has 0 saturated carbocycles. The van der Waals surface area contributed by atoms with E-state index in [0.29, 0.717) is 0 Å². The molecule has 0 aromatic carbocycles. The zero-order valence-electron chi connectivity index (χ0n) is 17.0. The Morgan fingerprint density at radius 2 is 0.633 bits per heavy atom. The maximum absolute atomic E-state index is 4.87. The van der Waals surface area contributed by atoms with Crippen molar-refractivity contribution in [1.29, 1.82) is 0 Å². The van der Waals surface area contributed by atoms with Crippen molar-refractivity contribution in [2.45, 2.75) is 38.5 Å². The highest BCUT2D eigenvalue weighted by atomic mass is 14.8. The molecule has 5 heterocycles. The molecule has 4 aromatic rings. The monoisotopic (exact) mass is 392 g/mol. The van der Waals surface area contributed by atoms with Crippen LogP contribution in [0, 0.1) is 0 Å². The Bertz CT molecular complexity index is 985. The smallest absolute Gasteiger partial charge is 0.0889 e. The molecule has 0 spiro atoms. The lowest BCUT2D eigenvalue weighted by Gasteiger charge is -2.09. The summed E-state index contributed by atoms with van der Waals surface area (Å²) in [4.78, 5) is 19.5. The Labute approximate surface area is 177 Å². The van der Waals surface area contributed by atoms with Crippen LogP contribution in [-0.4, -0.2) is 19.9 Å². The van der Waals surface area contributed by atoms with Crippen LogP contribution in [0.25, 0.3) is 22.8 Å². The van der Waals surface area contributed by atoms with Gasteiger partial charge < -0.3 is 0 Å². The predicted octanol–water partition coefficient (Wildman–Crippen LogP) is 5.26. The number of aromatic nitrogens is 4. The molecule has 4 heteroatoms. The fourth-order valence-electron chi connectivity index (χ4n) is 3.95. The SMILES string of the molecule is c1cc2nc(c1)-c1cccc(n1)CCCc1cccc(n1)-c1cccc(n1)CCC2. The third-order valence-electron chi connectivity index (χ3n) is 5.48. The molecule has 0 atom stereocenters. The lowest BCUT2D eigenvalue weighted by atomic mass is 10.1. The molecule has 5 rings (SSSR count). The van der Waals surface area contributed by atoms with Crippen LogP contribution >= 0.6 is 0 Å². The molecule has 1 aliphatic rings. The number of rotatable bonds is 0. The first-order chi connectivity index (χ1) is 14.8. The van der Waals surface area contributed by atoms with Gasteiger partial charge in [0.1, 0.15) is 0 Å². The molecule has 30 heavy (non-hydrogen) atoms. The minimum absolute atomic E-state index is 0.924. The fraction of sp³-hybridized carbons (Fsp3) is 0.231. The summed E-state index contributed by atoms with van der Waals surface area (Å²) in [6.45, 7) is 0. The van der Waals surface area contributed by atoms with Gasteiger partial charge in [0.05, 0.1) is 22.8 Å². The molecule has 148 valence electrons. The average Bonchev–Trinajstić information content (AvgIpc) is 2.80. The number of hydrogen-bond donors (Lipinski definition) is 0. The van der Waals surface area contributed by atoms with E-state index in [0.717, 1.165) is 84.1 Å². The summed E-state index contributed by atoms with van der Waals surface area (Å²) in [6, 6.07) is 24.9. The van der Waals surface area contributed by atoms with Crippen LogP contribution in [0.1, 0.15) is 35.6 Å². The minimum atomic E-state index is 0.924.